The fraction of sp³-hybridized carbons (Fsp3) is 0.267. The molecule has 1 aromatic heterocycles. The zero-order valence-corrected chi connectivity index (χ0v) is 13.4. The van der Waals surface area contributed by atoms with Crippen molar-refractivity contribution in [1.29, 1.82) is 0 Å². The molecule has 1 amide bonds. The lowest BCUT2D eigenvalue weighted by atomic mass is 10.2. The van der Waals surface area contributed by atoms with Crippen LogP contribution in [0.1, 0.15) is 28.1 Å². The molecule has 1 aliphatic rings. The molecule has 1 fully saturated rings. The predicted molar refractivity (Wildman–Crippen MR) is 81.3 cm³/mol. The van der Waals surface area contributed by atoms with Gasteiger partial charge in [0.15, 0.2) is 0 Å². The monoisotopic (exact) mass is 371 g/mol. The summed E-state index contributed by atoms with van der Waals surface area (Å²) in [6.45, 7) is 0.167. The van der Waals surface area contributed by atoms with Gasteiger partial charge in [-0.1, -0.05) is 6.07 Å². The Kier molecular flexibility index (Phi) is 4.08. The van der Waals surface area contributed by atoms with E-state index in [2.05, 4.69) is 15.9 Å². The average molecular weight is 372 g/mol. The highest BCUT2D eigenvalue weighted by molar-refractivity contribution is 9.10. The molecule has 21 heavy (non-hydrogen) atoms. The van der Waals surface area contributed by atoms with E-state index < -0.39 is 11.6 Å². The number of halogens is 3. The highest BCUT2D eigenvalue weighted by Gasteiger charge is 2.34. The molecule has 0 N–H and O–H groups in total. The number of carbonyl (C=O) groups is 1. The lowest BCUT2D eigenvalue weighted by molar-refractivity contribution is 0.0732. The summed E-state index contributed by atoms with van der Waals surface area (Å²) < 4.78 is 27.5. The minimum Gasteiger partial charge on any atom is -0.330 e. The van der Waals surface area contributed by atoms with Crippen molar-refractivity contribution in [2.75, 3.05) is 0 Å². The topological polar surface area (TPSA) is 20.3 Å². The van der Waals surface area contributed by atoms with Crippen molar-refractivity contribution in [2.24, 2.45) is 0 Å². The van der Waals surface area contributed by atoms with Gasteiger partial charge in [0.25, 0.3) is 5.91 Å². The van der Waals surface area contributed by atoms with Crippen molar-refractivity contribution in [3.05, 3.63) is 56.2 Å². The molecule has 1 saturated carbocycles. The van der Waals surface area contributed by atoms with E-state index in [0.29, 0.717) is 10.4 Å². The minimum atomic E-state index is -0.612. The van der Waals surface area contributed by atoms with Crippen LogP contribution in [0.15, 0.2) is 34.1 Å². The van der Waals surface area contributed by atoms with Crippen LogP contribution < -0.4 is 0 Å². The zero-order valence-electron chi connectivity index (χ0n) is 11.0. The first kappa shape index (κ1) is 14.7. The number of hydrogen-bond donors (Lipinski definition) is 0. The minimum absolute atomic E-state index is 0.108. The molecule has 0 spiro atoms. The number of nitrogens with zero attached hydrogens (tertiary/aromatic N) is 1. The van der Waals surface area contributed by atoms with Gasteiger partial charge in [0, 0.05) is 28.7 Å². The third-order valence-corrected chi connectivity index (χ3v) is 5.24. The summed E-state index contributed by atoms with van der Waals surface area (Å²) in [5.74, 6) is -1.33. The van der Waals surface area contributed by atoms with Crippen LogP contribution in [0.2, 0.25) is 0 Å². The van der Waals surface area contributed by atoms with Crippen LogP contribution in [0.25, 0.3) is 0 Å². The van der Waals surface area contributed by atoms with E-state index in [1.165, 1.54) is 23.5 Å². The Balaban J connectivity index is 1.85. The second-order valence-corrected chi connectivity index (χ2v) is 6.77. The lowest BCUT2D eigenvalue weighted by Gasteiger charge is -2.22. The lowest BCUT2D eigenvalue weighted by Crippen LogP contribution is -2.32. The van der Waals surface area contributed by atoms with Crippen LogP contribution >= 0.6 is 27.3 Å². The van der Waals surface area contributed by atoms with Crippen LogP contribution in [0.4, 0.5) is 8.78 Å². The second-order valence-electron chi connectivity index (χ2n) is 5.00. The van der Waals surface area contributed by atoms with Crippen molar-refractivity contribution in [3.63, 3.8) is 0 Å². The van der Waals surface area contributed by atoms with Gasteiger partial charge in [-0.25, -0.2) is 8.78 Å². The Bertz CT molecular complexity index is 684. The molecule has 3 rings (SSSR count). The molecule has 0 atom stereocenters. The van der Waals surface area contributed by atoms with Gasteiger partial charge in [0.2, 0.25) is 0 Å². The van der Waals surface area contributed by atoms with E-state index in [-0.39, 0.29) is 18.5 Å². The average Bonchev–Trinajstić information content (AvgIpc) is 3.19. The van der Waals surface area contributed by atoms with E-state index in [1.807, 2.05) is 11.4 Å². The van der Waals surface area contributed by atoms with Gasteiger partial charge in [-0.2, -0.15) is 0 Å². The van der Waals surface area contributed by atoms with Gasteiger partial charge in [-0.05, 0) is 46.3 Å². The fourth-order valence-electron chi connectivity index (χ4n) is 2.16. The molecule has 2 nitrogen and oxygen atoms in total. The number of benzene rings is 1. The van der Waals surface area contributed by atoms with Crippen molar-refractivity contribution >= 4 is 33.2 Å². The van der Waals surface area contributed by atoms with Gasteiger partial charge < -0.3 is 4.90 Å². The van der Waals surface area contributed by atoms with E-state index in [1.54, 1.807) is 4.90 Å². The van der Waals surface area contributed by atoms with Crippen LogP contribution in [-0.2, 0) is 6.54 Å². The van der Waals surface area contributed by atoms with Crippen LogP contribution in [0, 0.1) is 11.6 Å². The van der Waals surface area contributed by atoms with E-state index in [4.69, 9.17) is 0 Å². The Morgan fingerprint density at radius 1 is 1.33 bits per heavy atom. The highest BCUT2D eigenvalue weighted by atomic mass is 79.9. The maximum atomic E-state index is 13.8. The molecular formula is C15H12BrF2NOS. The Labute approximate surface area is 133 Å². The molecule has 110 valence electrons. The predicted octanol–water partition coefficient (Wildman–Crippen LogP) is 4.59. The summed E-state index contributed by atoms with van der Waals surface area (Å²) in [4.78, 5) is 14.9. The number of carbonyl (C=O) groups excluding carboxylic acids is 1. The highest BCUT2D eigenvalue weighted by Crippen LogP contribution is 2.33. The molecule has 0 saturated heterocycles. The van der Waals surface area contributed by atoms with E-state index >= 15 is 0 Å². The first-order valence-electron chi connectivity index (χ1n) is 6.54. The van der Waals surface area contributed by atoms with Gasteiger partial charge in [-0.15, -0.1) is 11.3 Å². The van der Waals surface area contributed by atoms with Crippen molar-refractivity contribution in [1.82, 2.24) is 4.90 Å². The molecule has 0 aliphatic heterocycles. The van der Waals surface area contributed by atoms with Gasteiger partial charge >= 0.3 is 0 Å². The Hall–Kier alpha value is -1.27. The third kappa shape index (κ3) is 3.16. The molecule has 1 aliphatic carbocycles. The summed E-state index contributed by atoms with van der Waals surface area (Å²) in [5.41, 5.74) is 0.337. The summed E-state index contributed by atoms with van der Waals surface area (Å²) in [6, 6.07) is 5.44. The van der Waals surface area contributed by atoms with Crippen LogP contribution in [0.5, 0.6) is 0 Å². The fourth-order valence-corrected chi connectivity index (χ4v) is 3.66. The first-order valence-corrected chi connectivity index (χ1v) is 8.21. The molecule has 6 heteroatoms. The third-order valence-electron chi connectivity index (χ3n) is 3.42. The molecule has 0 radical (unpaired) electrons. The molecule has 0 unspecified atom stereocenters. The second kappa shape index (κ2) is 5.85. The van der Waals surface area contributed by atoms with Gasteiger partial charge in [-0.3, -0.25) is 4.79 Å². The van der Waals surface area contributed by atoms with Crippen LogP contribution in [0.3, 0.4) is 0 Å². The normalized spacial score (nSPS) is 14.2. The quantitative estimate of drug-likeness (QED) is 0.769. The molecule has 2 aromatic rings. The summed E-state index contributed by atoms with van der Waals surface area (Å²) in [7, 11) is 0. The first-order chi connectivity index (χ1) is 10.1. The van der Waals surface area contributed by atoms with Crippen molar-refractivity contribution in [3.8, 4) is 0 Å². The maximum absolute atomic E-state index is 13.8. The van der Waals surface area contributed by atoms with E-state index in [0.717, 1.165) is 23.4 Å². The molecule has 1 aromatic carbocycles. The van der Waals surface area contributed by atoms with Gasteiger partial charge in [0.05, 0.1) is 0 Å². The van der Waals surface area contributed by atoms with Crippen LogP contribution in [-0.4, -0.2) is 16.8 Å². The standard InChI is InChI=1S/C15H12BrF2NOS/c16-12-5-6-21-14(12)15(20)19(11-3-4-11)8-9-1-2-10(17)7-13(9)18/h1-2,5-7,11H,3-4,8H2. The number of rotatable bonds is 4. The van der Waals surface area contributed by atoms with Crippen molar-refractivity contribution in [2.45, 2.75) is 25.4 Å². The van der Waals surface area contributed by atoms with Crippen molar-refractivity contribution < 1.29 is 13.6 Å². The summed E-state index contributed by atoms with van der Waals surface area (Å²) in [6.07, 6.45) is 1.86. The summed E-state index contributed by atoms with van der Waals surface area (Å²) in [5, 5.41) is 1.83. The van der Waals surface area contributed by atoms with Gasteiger partial charge in [0.1, 0.15) is 16.5 Å². The largest absolute Gasteiger partial charge is 0.330 e. The summed E-state index contributed by atoms with van der Waals surface area (Å²) >= 11 is 4.71. The molecular weight excluding hydrogens is 360 g/mol. The number of hydrogen-bond acceptors (Lipinski definition) is 2. The SMILES string of the molecule is O=C(c1sccc1Br)N(Cc1ccc(F)cc1F)C1CC1. The maximum Gasteiger partial charge on any atom is 0.265 e. The number of thiophene rings is 1. The molecule has 1 heterocycles. The molecule has 0 bridgehead atoms. The Morgan fingerprint density at radius 2 is 2.10 bits per heavy atom. The number of amides is 1. The smallest absolute Gasteiger partial charge is 0.265 e. The van der Waals surface area contributed by atoms with E-state index in [9.17, 15) is 13.6 Å². The zero-order chi connectivity index (χ0) is 15.0. The Morgan fingerprint density at radius 3 is 2.67 bits per heavy atom.